The number of para-hydroxylation sites is 1. The molecule has 0 amide bonds. The molecule has 1 aromatic heterocycles. The van der Waals surface area contributed by atoms with Gasteiger partial charge in [-0.05, 0) is 69.8 Å². The fourth-order valence-corrected chi connectivity index (χ4v) is 6.90. The monoisotopic (exact) mass is 508 g/mol. The van der Waals surface area contributed by atoms with Crippen molar-refractivity contribution in [2.75, 3.05) is 0 Å². The molecule has 6 aromatic carbocycles. The topological polar surface area (TPSA) is 28.7 Å². The van der Waals surface area contributed by atoms with Gasteiger partial charge in [0.25, 0.3) is 0 Å². The summed E-state index contributed by atoms with van der Waals surface area (Å²) < 4.78 is 2.33. The molecular weight excluding hydrogens is 484 g/mol. The van der Waals surface area contributed by atoms with Crippen LogP contribution in [0.4, 0.5) is 0 Å². The summed E-state index contributed by atoms with van der Waals surface area (Å²) >= 11 is 0. The van der Waals surface area contributed by atoms with E-state index >= 15 is 0 Å². The van der Waals surface area contributed by atoms with Crippen molar-refractivity contribution in [1.82, 2.24) is 4.57 Å². The Morgan fingerprint density at radius 2 is 1.12 bits per heavy atom. The molecule has 2 nitrogen and oxygen atoms in total. The van der Waals surface area contributed by atoms with E-state index in [2.05, 4.69) is 144 Å². The fraction of sp³-hybridized carbons (Fsp3) is 0.0263. The van der Waals surface area contributed by atoms with E-state index in [9.17, 15) is 5.26 Å². The first-order chi connectivity index (χ1) is 19.8. The summed E-state index contributed by atoms with van der Waals surface area (Å²) in [5.74, 6) is 0. The molecule has 186 valence electrons. The number of hydrogen-bond acceptors (Lipinski definition) is 1. The smallest absolute Gasteiger partial charge is 0.0991 e. The maximum absolute atomic E-state index is 9.57. The van der Waals surface area contributed by atoms with Gasteiger partial charge in [0, 0.05) is 16.5 Å². The molecule has 2 heteroatoms. The van der Waals surface area contributed by atoms with Crippen LogP contribution in [-0.2, 0) is 5.41 Å². The Bertz CT molecular complexity index is 2070. The van der Waals surface area contributed by atoms with Crippen LogP contribution in [0.3, 0.4) is 0 Å². The highest BCUT2D eigenvalue weighted by atomic mass is 15.0. The van der Waals surface area contributed by atoms with Crippen LogP contribution in [0.25, 0.3) is 38.6 Å². The van der Waals surface area contributed by atoms with E-state index < -0.39 is 5.41 Å². The molecule has 7 aromatic rings. The second kappa shape index (κ2) is 8.56. The SMILES string of the molecule is N#Cc1ccc2c(c1)c1ccccc1n2-c1ccc2c(c1)-c1ccccc1C2(c1ccccc1)c1ccccc1. The summed E-state index contributed by atoms with van der Waals surface area (Å²) in [5.41, 5.74) is 11.3. The molecule has 0 N–H and O–H groups in total. The summed E-state index contributed by atoms with van der Waals surface area (Å²) in [5, 5.41) is 11.8. The Labute approximate surface area is 233 Å². The van der Waals surface area contributed by atoms with Crippen LogP contribution in [-0.4, -0.2) is 4.57 Å². The molecule has 0 bridgehead atoms. The van der Waals surface area contributed by atoms with Gasteiger partial charge in [0.2, 0.25) is 0 Å². The number of benzene rings is 6. The van der Waals surface area contributed by atoms with Crippen molar-refractivity contribution < 1.29 is 0 Å². The maximum atomic E-state index is 9.57. The molecule has 0 saturated heterocycles. The second-order valence-corrected chi connectivity index (χ2v) is 10.5. The zero-order chi connectivity index (χ0) is 26.7. The van der Waals surface area contributed by atoms with Crippen molar-refractivity contribution >= 4 is 21.8 Å². The molecule has 0 fully saturated rings. The third-order valence-corrected chi connectivity index (χ3v) is 8.50. The predicted octanol–water partition coefficient (Wildman–Crippen LogP) is 9.02. The fourth-order valence-electron chi connectivity index (χ4n) is 6.90. The third kappa shape index (κ3) is 2.98. The Kier molecular flexibility index (Phi) is 4.83. The molecule has 1 aliphatic rings. The van der Waals surface area contributed by atoms with Crippen LogP contribution in [0.15, 0.2) is 146 Å². The number of nitrogens with zero attached hydrogens (tertiary/aromatic N) is 2. The number of hydrogen-bond donors (Lipinski definition) is 0. The van der Waals surface area contributed by atoms with Crippen molar-refractivity contribution in [3.8, 4) is 22.9 Å². The van der Waals surface area contributed by atoms with Crippen LogP contribution >= 0.6 is 0 Å². The van der Waals surface area contributed by atoms with Gasteiger partial charge in [-0.25, -0.2) is 0 Å². The molecule has 1 aliphatic carbocycles. The quantitative estimate of drug-likeness (QED) is 0.234. The molecule has 0 aliphatic heterocycles. The first-order valence-electron chi connectivity index (χ1n) is 13.6. The third-order valence-electron chi connectivity index (χ3n) is 8.50. The molecule has 40 heavy (non-hydrogen) atoms. The van der Waals surface area contributed by atoms with E-state index in [4.69, 9.17) is 0 Å². The largest absolute Gasteiger partial charge is 0.309 e. The lowest BCUT2D eigenvalue weighted by Crippen LogP contribution is -2.28. The van der Waals surface area contributed by atoms with E-state index in [0.29, 0.717) is 5.56 Å². The van der Waals surface area contributed by atoms with Crippen LogP contribution < -0.4 is 0 Å². The zero-order valence-corrected chi connectivity index (χ0v) is 21.8. The van der Waals surface area contributed by atoms with Crippen LogP contribution in [0.5, 0.6) is 0 Å². The van der Waals surface area contributed by atoms with Crippen LogP contribution in [0.1, 0.15) is 27.8 Å². The summed E-state index contributed by atoms with van der Waals surface area (Å²) in [6.45, 7) is 0. The van der Waals surface area contributed by atoms with Gasteiger partial charge in [-0.3, -0.25) is 0 Å². The minimum absolute atomic E-state index is 0.407. The first-order valence-corrected chi connectivity index (χ1v) is 13.6. The molecule has 8 rings (SSSR count). The summed E-state index contributed by atoms with van der Waals surface area (Å²) in [6, 6.07) is 54.3. The van der Waals surface area contributed by atoms with E-state index in [-0.39, 0.29) is 0 Å². The average molecular weight is 509 g/mol. The van der Waals surface area contributed by atoms with Gasteiger partial charge in [-0.15, -0.1) is 0 Å². The lowest BCUT2D eigenvalue weighted by molar-refractivity contribution is 0.768. The predicted molar refractivity (Wildman–Crippen MR) is 163 cm³/mol. The van der Waals surface area contributed by atoms with Gasteiger partial charge in [-0.2, -0.15) is 5.26 Å². The minimum Gasteiger partial charge on any atom is -0.309 e. The highest BCUT2D eigenvalue weighted by Gasteiger charge is 2.46. The molecule has 0 saturated carbocycles. The van der Waals surface area contributed by atoms with Crippen molar-refractivity contribution in [3.63, 3.8) is 0 Å². The van der Waals surface area contributed by atoms with Crippen molar-refractivity contribution in [2.45, 2.75) is 5.41 Å². The van der Waals surface area contributed by atoms with Gasteiger partial charge >= 0.3 is 0 Å². The van der Waals surface area contributed by atoms with Gasteiger partial charge < -0.3 is 4.57 Å². The second-order valence-electron chi connectivity index (χ2n) is 10.5. The van der Waals surface area contributed by atoms with Gasteiger partial charge in [-0.1, -0.05) is 109 Å². The van der Waals surface area contributed by atoms with E-state index in [1.807, 2.05) is 12.1 Å². The van der Waals surface area contributed by atoms with E-state index in [1.165, 1.54) is 33.4 Å². The summed E-state index contributed by atoms with van der Waals surface area (Å²) in [6.07, 6.45) is 0. The average Bonchev–Trinajstić information content (AvgIpc) is 3.52. The Morgan fingerprint density at radius 3 is 1.88 bits per heavy atom. The molecule has 0 atom stereocenters. The van der Waals surface area contributed by atoms with Crippen molar-refractivity contribution in [1.29, 1.82) is 5.26 Å². The number of fused-ring (bicyclic) bond motifs is 6. The number of aromatic nitrogens is 1. The Morgan fingerprint density at radius 1 is 0.500 bits per heavy atom. The highest BCUT2D eigenvalue weighted by molar-refractivity contribution is 6.09. The molecule has 0 radical (unpaired) electrons. The minimum atomic E-state index is -0.407. The van der Waals surface area contributed by atoms with Gasteiger partial charge in [0.15, 0.2) is 0 Å². The Hall–Kier alpha value is -5.39. The summed E-state index contributed by atoms with van der Waals surface area (Å²) in [4.78, 5) is 0. The van der Waals surface area contributed by atoms with E-state index in [0.717, 1.165) is 27.5 Å². The lowest BCUT2D eigenvalue weighted by Gasteiger charge is -2.33. The van der Waals surface area contributed by atoms with Crippen LogP contribution in [0, 0.1) is 11.3 Å². The maximum Gasteiger partial charge on any atom is 0.0991 e. The highest BCUT2D eigenvalue weighted by Crippen LogP contribution is 2.56. The van der Waals surface area contributed by atoms with E-state index in [1.54, 1.807) is 0 Å². The molecule has 1 heterocycles. The summed E-state index contributed by atoms with van der Waals surface area (Å²) in [7, 11) is 0. The standard InChI is InChI=1S/C38H24N2/c39-25-26-19-22-37-33(23-26)31-16-8-10-18-36(31)40(37)29-20-21-35-32(24-29)30-15-7-9-17-34(30)38(35,27-11-3-1-4-12-27)28-13-5-2-6-14-28/h1-24H. The van der Waals surface area contributed by atoms with Gasteiger partial charge in [0.05, 0.1) is 28.1 Å². The molecular formula is C38H24N2. The Balaban J connectivity index is 1.46. The van der Waals surface area contributed by atoms with Gasteiger partial charge in [0.1, 0.15) is 0 Å². The zero-order valence-electron chi connectivity index (χ0n) is 21.8. The first kappa shape index (κ1) is 22.6. The molecule has 0 unspecified atom stereocenters. The van der Waals surface area contributed by atoms with Crippen LogP contribution in [0.2, 0.25) is 0 Å². The normalized spacial score (nSPS) is 13.2. The lowest BCUT2D eigenvalue weighted by atomic mass is 9.68. The number of nitriles is 1. The molecule has 0 spiro atoms. The van der Waals surface area contributed by atoms with Crippen molar-refractivity contribution in [3.05, 3.63) is 173 Å². The number of rotatable bonds is 3. The van der Waals surface area contributed by atoms with Crippen molar-refractivity contribution in [2.24, 2.45) is 0 Å².